The predicted molar refractivity (Wildman–Crippen MR) is 99.6 cm³/mol. The van der Waals surface area contributed by atoms with Crippen molar-refractivity contribution in [2.75, 3.05) is 5.32 Å². The highest BCUT2D eigenvalue weighted by molar-refractivity contribution is 7.89. The van der Waals surface area contributed by atoms with Crippen LogP contribution in [0.25, 0.3) is 0 Å². The molecule has 0 aromatic heterocycles. The van der Waals surface area contributed by atoms with Crippen LogP contribution in [-0.4, -0.2) is 43.4 Å². The van der Waals surface area contributed by atoms with Gasteiger partial charge in [-0.3, -0.25) is 9.59 Å². The molecule has 150 valence electrons. The van der Waals surface area contributed by atoms with Crippen LogP contribution in [0.3, 0.4) is 0 Å². The Labute approximate surface area is 158 Å². The number of sulfonamides is 1. The molecule has 0 saturated carbocycles. The molecule has 0 aliphatic carbocycles. The average Bonchev–Trinajstić information content (AvgIpc) is 2.58. The van der Waals surface area contributed by atoms with Gasteiger partial charge in [-0.2, -0.15) is 4.72 Å². The Morgan fingerprint density at radius 1 is 1.11 bits per heavy atom. The number of hydrogen-bond donors (Lipinski definition) is 4. The highest BCUT2D eigenvalue weighted by Gasteiger charge is 2.29. The summed E-state index contributed by atoms with van der Waals surface area (Å²) >= 11 is 0. The average molecular weight is 399 g/mol. The maximum atomic E-state index is 12.4. The van der Waals surface area contributed by atoms with E-state index < -0.39 is 34.0 Å². The summed E-state index contributed by atoms with van der Waals surface area (Å²) in [5, 5.41) is 14.1. The van der Waals surface area contributed by atoms with Gasteiger partial charge in [0.2, 0.25) is 21.8 Å². The number of aliphatic carboxylic acids is 1. The Balaban J connectivity index is 2.84. The molecule has 1 rings (SSSR count). The lowest BCUT2D eigenvalue weighted by molar-refractivity contribution is -0.143. The number of rotatable bonds is 9. The van der Waals surface area contributed by atoms with Crippen LogP contribution in [0.4, 0.5) is 5.69 Å². The van der Waals surface area contributed by atoms with Crippen LogP contribution in [-0.2, 0) is 24.4 Å². The van der Waals surface area contributed by atoms with Crippen LogP contribution in [0.5, 0.6) is 0 Å². The van der Waals surface area contributed by atoms with Gasteiger partial charge in [0.05, 0.1) is 10.9 Å². The van der Waals surface area contributed by atoms with Crippen molar-refractivity contribution in [2.24, 2.45) is 5.92 Å². The van der Waals surface area contributed by atoms with Gasteiger partial charge >= 0.3 is 5.97 Å². The van der Waals surface area contributed by atoms with E-state index in [1.807, 2.05) is 0 Å². The van der Waals surface area contributed by atoms with Crippen molar-refractivity contribution in [3.8, 4) is 0 Å². The van der Waals surface area contributed by atoms with Crippen LogP contribution in [0, 0.1) is 5.92 Å². The van der Waals surface area contributed by atoms with Crippen molar-refractivity contribution < 1.29 is 27.9 Å². The Kier molecular flexibility index (Phi) is 7.92. The summed E-state index contributed by atoms with van der Waals surface area (Å²) in [4.78, 5) is 34.4. The molecule has 3 unspecified atom stereocenters. The van der Waals surface area contributed by atoms with E-state index in [4.69, 9.17) is 0 Å². The Morgan fingerprint density at radius 2 is 1.67 bits per heavy atom. The molecule has 0 aliphatic rings. The van der Waals surface area contributed by atoms with Crippen LogP contribution in [0.2, 0.25) is 0 Å². The maximum Gasteiger partial charge on any atom is 0.326 e. The molecule has 0 fully saturated rings. The van der Waals surface area contributed by atoms with Gasteiger partial charge in [0.1, 0.15) is 6.04 Å². The van der Waals surface area contributed by atoms with Gasteiger partial charge < -0.3 is 15.7 Å². The van der Waals surface area contributed by atoms with Gasteiger partial charge in [-0.1, -0.05) is 20.3 Å². The smallest absolute Gasteiger partial charge is 0.326 e. The van der Waals surface area contributed by atoms with Gasteiger partial charge in [0.25, 0.3) is 0 Å². The lowest BCUT2D eigenvalue weighted by Crippen LogP contribution is -2.52. The number of carboxylic acid groups (broad SMARTS) is 1. The SMILES string of the molecule is CCC(C)C(NC(=O)C(C)NS(=O)(=O)c1ccc(NC(C)=O)cc1)C(=O)O. The second kappa shape index (κ2) is 9.47. The summed E-state index contributed by atoms with van der Waals surface area (Å²) < 4.78 is 27.0. The molecular formula is C17H25N3O6S. The molecule has 0 heterocycles. The topological polar surface area (TPSA) is 142 Å². The zero-order valence-corrected chi connectivity index (χ0v) is 16.5. The molecule has 0 radical (unpaired) electrons. The number of hydrogen-bond acceptors (Lipinski definition) is 5. The van der Waals surface area contributed by atoms with Crippen LogP contribution in [0.1, 0.15) is 34.1 Å². The minimum atomic E-state index is -4.00. The number of carbonyl (C=O) groups excluding carboxylic acids is 2. The van der Waals surface area contributed by atoms with E-state index in [0.717, 1.165) is 0 Å². The first-order valence-corrected chi connectivity index (χ1v) is 9.89. The lowest BCUT2D eigenvalue weighted by atomic mass is 9.99. The third-order valence-electron chi connectivity index (χ3n) is 3.99. The molecule has 0 saturated heterocycles. The molecule has 0 aliphatic heterocycles. The standard InChI is InChI=1S/C17H25N3O6S/c1-5-10(2)15(17(23)24)19-16(22)11(3)20-27(25,26)14-8-6-13(7-9-14)18-12(4)21/h6-11,15,20H,5H2,1-4H3,(H,18,21)(H,19,22)(H,23,24). The maximum absolute atomic E-state index is 12.4. The van der Waals surface area contributed by atoms with Gasteiger partial charge in [0, 0.05) is 12.6 Å². The third-order valence-corrected chi connectivity index (χ3v) is 5.54. The monoisotopic (exact) mass is 399 g/mol. The van der Waals surface area contributed by atoms with E-state index in [-0.39, 0.29) is 16.7 Å². The van der Waals surface area contributed by atoms with Gasteiger partial charge in [-0.15, -0.1) is 0 Å². The second-order valence-electron chi connectivity index (χ2n) is 6.26. The highest BCUT2D eigenvalue weighted by atomic mass is 32.2. The van der Waals surface area contributed by atoms with Crippen molar-refractivity contribution in [2.45, 2.75) is 51.1 Å². The molecule has 9 nitrogen and oxygen atoms in total. The van der Waals surface area contributed by atoms with E-state index in [9.17, 15) is 27.9 Å². The second-order valence-corrected chi connectivity index (χ2v) is 7.97. The molecule has 1 aromatic rings. The lowest BCUT2D eigenvalue weighted by Gasteiger charge is -2.22. The largest absolute Gasteiger partial charge is 0.480 e. The van der Waals surface area contributed by atoms with E-state index in [0.29, 0.717) is 12.1 Å². The fourth-order valence-corrected chi connectivity index (χ4v) is 3.44. The molecular weight excluding hydrogens is 374 g/mol. The zero-order chi connectivity index (χ0) is 20.8. The van der Waals surface area contributed by atoms with Crippen molar-refractivity contribution in [3.63, 3.8) is 0 Å². The molecule has 0 spiro atoms. The van der Waals surface area contributed by atoms with Gasteiger partial charge in [-0.05, 0) is 37.1 Å². The molecule has 2 amide bonds. The van der Waals surface area contributed by atoms with Crippen molar-refractivity contribution >= 4 is 33.5 Å². The molecule has 0 bridgehead atoms. The fourth-order valence-electron chi connectivity index (χ4n) is 2.24. The van der Waals surface area contributed by atoms with Crippen LogP contribution < -0.4 is 15.4 Å². The van der Waals surface area contributed by atoms with E-state index >= 15 is 0 Å². The number of carboxylic acids is 1. The number of benzene rings is 1. The summed E-state index contributed by atoms with van der Waals surface area (Å²) in [5.74, 6) is -2.51. The molecule has 10 heteroatoms. The summed E-state index contributed by atoms with van der Waals surface area (Å²) in [5.41, 5.74) is 0.435. The molecule has 3 atom stereocenters. The predicted octanol–water partition coefficient (Wildman–Crippen LogP) is 0.927. The zero-order valence-electron chi connectivity index (χ0n) is 15.6. The summed E-state index contributed by atoms with van der Waals surface area (Å²) in [7, 11) is -4.00. The number of anilines is 1. The Bertz CT molecular complexity index is 791. The summed E-state index contributed by atoms with van der Waals surface area (Å²) in [6, 6.07) is 3.14. The first-order chi connectivity index (χ1) is 12.5. The first kappa shape index (κ1) is 22.6. The molecule has 4 N–H and O–H groups in total. The molecule has 1 aromatic carbocycles. The number of nitrogens with one attached hydrogen (secondary N) is 3. The highest BCUT2D eigenvalue weighted by Crippen LogP contribution is 2.15. The summed E-state index contributed by atoms with van der Waals surface area (Å²) in [6.45, 7) is 6.14. The number of carbonyl (C=O) groups is 3. The van der Waals surface area contributed by atoms with E-state index in [1.165, 1.54) is 38.1 Å². The Morgan fingerprint density at radius 3 is 2.11 bits per heavy atom. The normalized spacial score (nSPS) is 14.7. The Hall–Kier alpha value is -2.46. The van der Waals surface area contributed by atoms with Gasteiger partial charge in [-0.25, -0.2) is 13.2 Å². The van der Waals surface area contributed by atoms with Crippen LogP contribution >= 0.6 is 0 Å². The minimum absolute atomic E-state index is 0.0898. The van der Waals surface area contributed by atoms with Gasteiger partial charge in [0.15, 0.2) is 0 Å². The third kappa shape index (κ3) is 6.65. The minimum Gasteiger partial charge on any atom is -0.480 e. The fraction of sp³-hybridized carbons (Fsp3) is 0.471. The first-order valence-electron chi connectivity index (χ1n) is 8.41. The van der Waals surface area contributed by atoms with E-state index in [2.05, 4.69) is 15.4 Å². The van der Waals surface area contributed by atoms with Crippen molar-refractivity contribution in [3.05, 3.63) is 24.3 Å². The number of amides is 2. The summed E-state index contributed by atoms with van der Waals surface area (Å²) in [6.07, 6.45) is 0.540. The van der Waals surface area contributed by atoms with E-state index in [1.54, 1.807) is 13.8 Å². The van der Waals surface area contributed by atoms with Crippen molar-refractivity contribution in [1.29, 1.82) is 0 Å². The van der Waals surface area contributed by atoms with Crippen LogP contribution in [0.15, 0.2) is 29.2 Å². The molecule has 27 heavy (non-hydrogen) atoms. The van der Waals surface area contributed by atoms with Crippen molar-refractivity contribution in [1.82, 2.24) is 10.0 Å². The quantitative estimate of drug-likeness (QED) is 0.487.